The molecule has 2 atom stereocenters. The molecule has 2 aromatic rings. The molecule has 0 aromatic carbocycles. The van der Waals surface area contributed by atoms with Gasteiger partial charge in [-0.15, -0.1) is 11.3 Å². The first-order valence-corrected chi connectivity index (χ1v) is 11.1. The number of carbonyl (C=O) groups excluding carboxylic acids is 1. The van der Waals surface area contributed by atoms with E-state index in [4.69, 9.17) is 12.2 Å². The first-order valence-electron chi connectivity index (χ1n) is 8.83. The number of nitrogens with one attached hydrogen (secondary N) is 1. The van der Waals surface area contributed by atoms with Gasteiger partial charge in [0.25, 0.3) is 5.56 Å². The summed E-state index contributed by atoms with van der Waals surface area (Å²) in [7, 11) is 0. The number of amides is 1. The fourth-order valence-corrected chi connectivity index (χ4v) is 5.52. The van der Waals surface area contributed by atoms with E-state index in [9.17, 15) is 9.59 Å². The molecule has 2 bridgehead atoms. The molecule has 1 amide bonds. The number of fused-ring (bicyclic) bond motifs is 4. The SMILES string of the molecule is Cc1csc(NC(=O)CSC(=S)N2CC3CC(C2)c2cccc(=O)n2C3)n1. The summed E-state index contributed by atoms with van der Waals surface area (Å²) >= 11 is 8.41. The third-order valence-electron chi connectivity index (χ3n) is 4.93. The van der Waals surface area contributed by atoms with Crippen LogP contribution in [0.25, 0.3) is 0 Å². The monoisotopic (exact) mass is 420 g/mol. The van der Waals surface area contributed by atoms with E-state index in [0.717, 1.165) is 41.8 Å². The minimum atomic E-state index is -0.0919. The second kappa shape index (κ2) is 7.73. The van der Waals surface area contributed by atoms with E-state index >= 15 is 0 Å². The maximum absolute atomic E-state index is 12.1. The molecule has 2 aromatic heterocycles. The van der Waals surface area contributed by atoms with E-state index in [1.165, 1.54) is 23.1 Å². The molecule has 2 aliphatic rings. The lowest BCUT2D eigenvalue weighted by molar-refractivity contribution is -0.113. The van der Waals surface area contributed by atoms with Gasteiger partial charge in [0, 0.05) is 42.7 Å². The lowest BCUT2D eigenvalue weighted by Crippen LogP contribution is -2.48. The van der Waals surface area contributed by atoms with Crippen molar-refractivity contribution in [2.24, 2.45) is 5.92 Å². The second-order valence-corrected chi connectivity index (χ2v) is 9.47. The quantitative estimate of drug-likeness (QED) is 0.770. The summed E-state index contributed by atoms with van der Waals surface area (Å²) in [6, 6.07) is 5.52. The summed E-state index contributed by atoms with van der Waals surface area (Å²) in [5.41, 5.74) is 2.09. The van der Waals surface area contributed by atoms with E-state index in [2.05, 4.69) is 15.2 Å². The molecular formula is C18H20N4O2S3. The number of anilines is 1. The van der Waals surface area contributed by atoms with E-state index < -0.39 is 0 Å². The predicted molar refractivity (Wildman–Crippen MR) is 114 cm³/mol. The van der Waals surface area contributed by atoms with Crippen LogP contribution in [0.3, 0.4) is 0 Å². The van der Waals surface area contributed by atoms with Crippen LogP contribution in [-0.2, 0) is 11.3 Å². The number of hydrogen-bond donors (Lipinski definition) is 1. The Morgan fingerprint density at radius 1 is 1.41 bits per heavy atom. The number of aromatic nitrogens is 2. The summed E-state index contributed by atoms with van der Waals surface area (Å²) in [6.07, 6.45) is 1.09. The zero-order valence-electron chi connectivity index (χ0n) is 14.9. The van der Waals surface area contributed by atoms with Gasteiger partial charge in [-0.1, -0.05) is 30.0 Å². The largest absolute Gasteiger partial charge is 0.356 e. The van der Waals surface area contributed by atoms with Crippen LogP contribution in [0.15, 0.2) is 28.4 Å². The number of hydrogen-bond acceptors (Lipinski definition) is 6. The van der Waals surface area contributed by atoms with Crippen molar-refractivity contribution in [1.29, 1.82) is 0 Å². The van der Waals surface area contributed by atoms with Crippen molar-refractivity contribution >= 4 is 50.7 Å². The molecule has 142 valence electrons. The Balaban J connectivity index is 1.35. The number of nitrogens with zero attached hydrogens (tertiary/aromatic N) is 3. The smallest absolute Gasteiger partial charge is 0.250 e. The molecular weight excluding hydrogens is 400 g/mol. The number of aryl methyl sites for hydroxylation is 1. The van der Waals surface area contributed by atoms with Crippen molar-refractivity contribution in [3.05, 3.63) is 45.3 Å². The van der Waals surface area contributed by atoms with Crippen molar-refractivity contribution in [3.63, 3.8) is 0 Å². The van der Waals surface area contributed by atoms with Gasteiger partial charge in [-0.05, 0) is 25.3 Å². The lowest BCUT2D eigenvalue weighted by Gasteiger charge is -2.43. The molecule has 1 fully saturated rings. The van der Waals surface area contributed by atoms with Gasteiger partial charge in [-0.25, -0.2) is 4.98 Å². The Hall–Kier alpha value is -1.71. The highest BCUT2D eigenvalue weighted by atomic mass is 32.2. The van der Waals surface area contributed by atoms with Gasteiger partial charge >= 0.3 is 0 Å². The number of carbonyl (C=O) groups is 1. The molecule has 9 heteroatoms. The van der Waals surface area contributed by atoms with Gasteiger partial charge < -0.3 is 14.8 Å². The number of thiazole rings is 1. The number of rotatable bonds is 3. The van der Waals surface area contributed by atoms with Crippen LogP contribution in [0.1, 0.15) is 23.7 Å². The second-order valence-electron chi connectivity index (χ2n) is 7.00. The molecule has 4 rings (SSSR count). The third kappa shape index (κ3) is 4.09. The zero-order valence-corrected chi connectivity index (χ0v) is 17.3. The van der Waals surface area contributed by atoms with E-state index in [-0.39, 0.29) is 17.2 Å². The molecule has 0 saturated carbocycles. The number of likely N-dealkylation sites (tertiary alicyclic amines) is 1. The summed E-state index contributed by atoms with van der Waals surface area (Å²) in [6.45, 7) is 4.30. The van der Waals surface area contributed by atoms with Gasteiger partial charge in [-0.3, -0.25) is 9.59 Å². The standard InChI is InChI=1S/C18H20N4O2S3/c1-11-9-26-17(19-11)20-15(23)10-27-18(25)21-6-12-5-13(8-21)14-3-2-4-16(24)22(14)7-12/h2-4,9,12-13H,5-8,10H2,1H3,(H,19,20,23). The maximum atomic E-state index is 12.1. The van der Waals surface area contributed by atoms with Crippen molar-refractivity contribution in [2.45, 2.75) is 25.8 Å². The highest BCUT2D eigenvalue weighted by Crippen LogP contribution is 2.36. The molecule has 1 N–H and O–H groups in total. The lowest BCUT2D eigenvalue weighted by atomic mass is 9.83. The summed E-state index contributed by atoms with van der Waals surface area (Å²) < 4.78 is 2.66. The zero-order chi connectivity index (χ0) is 19.0. The highest BCUT2D eigenvalue weighted by molar-refractivity contribution is 8.23. The minimum Gasteiger partial charge on any atom is -0.356 e. The minimum absolute atomic E-state index is 0.0849. The van der Waals surface area contributed by atoms with E-state index in [0.29, 0.717) is 17.0 Å². The first kappa shape index (κ1) is 18.6. The predicted octanol–water partition coefficient (Wildman–Crippen LogP) is 2.69. The molecule has 2 unspecified atom stereocenters. The van der Waals surface area contributed by atoms with Crippen LogP contribution >= 0.6 is 35.3 Å². The topological polar surface area (TPSA) is 67.2 Å². The summed E-state index contributed by atoms with van der Waals surface area (Å²) in [5, 5.41) is 5.34. The van der Waals surface area contributed by atoms with Gasteiger partial charge in [0.1, 0.15) is 4.32 Å². The molecule has 2 aliphatic heterocycles. The van der Waals surface area contributed by atoms with Crippen molar-refractivity contribution in [1.82, 2.24) is 14.5 Å². The normalized spacial score (nSPS) is 20.9. The average molecular weight is 421 g/mol. The number of thioether (sulfide) groups is 1. The Morgan fingerprint density at radius 3 is 3.04 bits per heavy atom. The van der Waals surface area contributed by atoms with Crippen LogP contribution in [0.5, 0.6) is 0 Å². The molecule has 4 heterocycles. The fraction of sp³-hybridized carbons (Fsp3) is 0.444. The van der Waals surface area contributed by atoms with Gasteiger partial charge in [-0.2, -0.15) is 0 Å². The number of thiocarbonyl (C=S) groups is 1. The number of pyridine rings is 1. The van der Waals surface area contributed by atoms with Crippen molar-refractivity contribution < 1.29 is 4.79 Å². The van der Waals surface area contributed by atoms with Crippen LogP contribution in [-0.4, -0.2) is 43.5 Å². The molecule has 27 heavy (non-hydrogen) atoms. The Kier molecular flexibility index (Phi) is 5.34. The molecule has 6 nitrogen and oxygen atoms in total. The van der Waals surface area contributed by atoms with Crippen LogP contribution in [0, 0.1) is 12.8 Å². The fourth-order valence-electron chi connectivity index (χ4n) is 3.83. The Morgan fingerprint density at radius 2 is 2.26 bits per heavy atom. The van der Waals surface area contributed by atoms with Crippen LogP contribution in [0.2, 0.25) is 0 Å². The van der Waals surface area contributed by atoms with Crippen LogP contribution in [0.4, 0.5) is 5.13 Å². The van der Waals surface area contributed by atoms with Gasteiger partial charge in [0.2, 0.25) is 5.91 Å². The van der Waals surface area contributed by atoms with Gasteiger partial charge in [0.05, 0.1) is 11.4 Å². The average Bonchev–Trinajstić information content (AvgIpc) is 3.05. The Labute approximate surface area is 171 Å². The first-order chi connectivity index (χ1) is 13.0. The highest BCUT2D eigenvalue weighted by Gasteiger charge is 2.35. The summed E-state index contributed by atoms with van der Waals surface area (Å²) in [5.74, 6) is 0.921. The Bertz CT molecular complexity index is 939. The molecule has 0 aliphatic carbocycles. The van der Waals surface area contributed by atoms with Crippen molar-refractivity contribution in [3.8, 4) is 0 Å². The number of piperidine rings is 1. The third-order valence-corrected chi connectivity index (χ3v) is 7.33. The molecule has 1 saturated heterocycles. The van der Waals surface area contributed by atoms with Crippen molar-refractivity contribution in [2.75, 3.05) is 24.2 Å². The van der Waals surface area contributed by atoms with Gasteiger partial charge in [0.15, 0.2) is 5.13 Å². The van der Waals surface area contributed by atoms with E-state index in [1.807, 2.05) is 29.0 Å². The summed E-state index contributed by atoms with van der Waals surface area (Å²) in [4.78, 5) is 30.7. The van der Waals surface area contributed by atoms with E-state index in [1.54, 1.807) is 6.07 Å². The van der Waals surface area contributed by atoms with Crippen LogP contribution < -0.4 is 10.9 Å². The molecule has 0 radical (unpaired) electrons. The maximum Gasteiger partial charge on any atom is 0.250 e. The molecule has 0 spiro atoms.